The van der Waals surface area contributed by atoms with Gasteiger partial charge in [0, 0.05) is 18.2 Å². The number of carbonyl (C=O) groups is 2. The molecule has 0 aliphatic heterocycles. The standard InChI is InChI=1S/C24H27N3O2/c1-17-8-5-9-18(2)22(17)14-21(28)15-26-12-7-13-27(26)16-23(29)25-24-19(3)10-6-11-20(24)4/h5-13H,14-16H2,1-4H3/p+1. The molecule has 3 rings (SSSR count). The fourth-order valence-corrected chi connectivity index (χ4v) is 3.59. The van der Waals surface area contributed by atoms with Crippen molar-refractivity contribution in [1.82, 2.24) is 4.68 Å². The highest BCUT2D eigenvalue weighted by Gasteiger charge is 2.18. The van der Waals surface area contributed by atoms with Gasteiger partial charge in [0.05, 0.1) is 6.20 Å². The number of ketones is 1. The van der Waals surface area contributed by atoms with E-state index < -0.39 is 0 Å². The van der Waals surface area contributed by atoms with Crippen LogP contribution in [-0.2, 0) is 29.1 Å². The fourth-order valence-electron chi connectivity index (χ4n) is 3.59. The van der Waals surface area contributed by atoms with Crippen molar-refractivity contribution in [2.75, 3.05) is 5.32 Å². The number of aromatic nitrogens is 2. The van der Waals surface area contributed by atoms with E-state index >= 15 is 0 Å². The van der Waals surface area contributed by atoms with E-state index in [2.05, 4.69) is 5.32 Å². The van der Waals surface area contributed by atoms with Crippen molar-refractivity contribution in [3.63, 3.8) is 0 Å². The lowest BCUT2D eigenvalue weighted by Gasteiger charge is -2.11. The summed E-state index contributed by atoms with van der Waals surface area (Å²) < 4.78 is 3.56. The van der Waals surface area contributed by atoms with Crippen LogP contribution in [0.1, 0.15) is 27.8 Å². The third-order valence-electron chi connectivity index (χ3n) is 5.25. The first kappa shape index (κ1) is 20.5. The zero-order valence-corrected chi connectivity index (χ0v) is 17.5. The van der Waals surface area contributed by atoms with E-state index in [0.29, 0.717) is 6.42 Å². The second kappa shape index (κ2) is 8.86. The maximum atomic E-state index is 12.7. The van der Waals surface area contributed by atoms with E-state index in [0.717, 1.165) is 33.5 Å². The van der Waals surface area contributed by atoms with Gasteiger partial charge in [0.15, 0.2) is 12.7 Å². The molecule has 0 unspecified atom stereocenters. The van der Waals surface area contributed by atoms with Gasteiger partial charge in [-0.1, -0.05) is 36.4 Å². The molecule has 0 saturated carbocycles. The monoisotopic (exact) mass is 390 g/mol. The minimum Gasteiger partial charge on any atom is -0.324 e. The SMILES string of the molecule is Cc1cccc(C)c1CC(=O)C[n+]1cccn1CC(=O)Nc1c(C)cccc1C. The number of para-hydroxylation sites is 1. The summed E-state index contributed by atoms with van der Waals surface area (Å²) in [5.41, 5.74) is 6.26. The Hall–Kier alpha value is -3.21. The predicted octanol–water partition coefficient (Wildman–Crippen LogP) is 3.46. The van der Waals surface area contributed by atoms with Gasteiger partial charge >= 0.3 is 0 Å². The zero-order chi connectivity index (χ0) is 21.0. The molecule has 2 aromatic carbocycles. The summed E-state index contributed by atoms with van der Waals surface area (Å²) in [6.45, 7) is 8.40. The van der Waals surface area contributed by atoms with Crippen LogP contribution in [0.25, 0.3) is 0 Å². The van der Waals surface area contributed by atoms with Gasteiger partial charge in [0.25, 0.3) is 0 Å². The molecule has 1 heterocycles. The van der Waals surface area contributed by atoms with Crippen molar-refractivity contribution in [2.45, 2.75) is 47.2 Å². The van der Waals surface area contributed by atoms with E-state index in [1.807, 2.05) is 82.6 Å². The van der Waals surface area contributed by atoms with Crippen LogP contribution in [0.5, 0.6) is 0 Å². The number of nitrogens with one attached hydrogen (secondary N) is 1. The molecule has 0 saturated heterocycles. The summed E-state index contributed by atoms with van der Waals surface area (Å²) in [6, 6.07) is 13.8. The Morgan fingerprint density at radius 2 is 1.48 bits per heavy atom. The Labute approximate surface area is 172 Å². The summed E-state index contributed by atoms with van der Waals surface area (Å²) in [6.07, 6.45) is 4.04. The first-order valence-corrected chi connectivity index (χ1v) is 9.83. The molecule has 0 aliphatic rings. The summed E-state index contributed by atoms with van der Waals surface area (Å²) in [7, 11) is 0. The highest BCUT2D eigenvalue weighted by Crippen LogP contribution is 2.19. The molecule has 3 aromatic rings. The van der Waals surface area contributed by atoms with Gasteiger partial charge in [0.2, 0.25) is 18.2 Å². The lowest BCUT2D eigenvalue weighted by molar-refractivity contribution is -0.763. The van der Waals surface area contributed by atoms with Gasteiger partial charge in [-0.25, -0.2) is 0 Å². The van der Waals surface area contributed by atoms with E-state index in [1.165, 1.54) is 0 Å². The third-order valence-corrected chi connectivity index (χ3v) is 5.25. The highest BCUT2D eigenvalue weighted by atomic mass is 16.2. The Morgan fingerprint density at radius 1 is 0.897 bits per heavy atom. The van der Waals surface area contributed by atoms with Gasteiger partial charge in [0.1, 0.15) is 0 Å². The third kappa shape index (κ3) is 4.99. The van der Waals surface area contributed by atoms with Crippen molar-refractivity contribution in [3.8, 4) is 0 Å². The Bertz CT molecular complexity index is 928. The quantitative estimate of drug-likeness (QED) is 0.628. The first-order chi connectivity index (χ1) is 13.8. The van der Waals surface area contributed by atoms with E-state index in [1.54, 1.807) is 9.36 Å². The van der Waals surface area contributed by atoms with Gasteiger partial charge < -0.3 is 5.32 Å². The van der Waals surface area contributed by atoms with Crippen LogP contribution in [0.2, 0.25) is 0 Å². The maximum absolute atomic E-state index is 12.7. The number of aryl methyl sites for hydroxylation is 4. The van der Waals surface area contributed by atoms with E-state index in [-0.39, 0.29) is 24.8 Å². The lowest BCUT2D eigenvalue weighted by atomic mass is 9.98. The predicted molar refractivity (Wildman–Crippen MR) is 114 cm³/mol. The van der Waals surface area contributed by atoms with Crippen molar-refractivity contribution in [3.05, 3.63) is 82.7 Å². The number of amides is 1. The molecule has 29 heavy (non-hydrogen) atoms. The number of rotatable bonds is 7. The number of anilines is 1. The molecule has 1 N–H and O–H groups in total. The van der Waals surface area contributed by atoms with Gasteiger partial charge in [-0.15, -0.1) is 4.68 Å². The molecule has 0 bridgehead atoms. The van der Waals surface area contributed by atoms with Crippen LogP contribution in [0.4, 0.5) is 5.69 Å². The Kier molecular flexibility index (Phi) is 6.27. The number of Topliss-reactive ketones (excluding diaryl/α,β-unsaturated/α-hetero) is 1. The molecule has 0 atom stereocenters. The van der Waals surface area contributed by atoms with E-state index in [4.69, 9.17) is 0 Å². The number of benzene rings is 2. The van der Waals surface area contributed by atoms with Crippen LogP contribution in [-0.4, -0.2) is 16.4 Å². The normalized spacial score (nSPS) is 10.8. The zero-order valence-electron chi connectivity index (χ0n) is 17.5. The number of nitrogens with zero attached hydrogens (tertiary/aromatic N) is 2. The van der Waals surface area contributed by atoms with E-state index in [9.17, 15) is 9.59 Å². The molecular weight excluding hydrogens is 362 g/mol. The summed E-state index contributed by atoms with van der Waals surface area (Å²) in [4.78, 5) is 25.2. The van der Waals surface area contributed by atoms with Gasteiger partial charge in [-0.2, -0.15) is 4.68 Å². The van der Waals surface area contributed by atoms with Crippen molar-refractivity contribution in [1.29, 1.82) is 0 Å². The smallest absolute Gasteiger partial charge is 0.250 e. The van der Waals surface area contributed by atoms with Gasteiger partial charge in [-0.3, -0.25) is 9.59 Å². The average molecular weight is 391 g/mol. The fraction of sp³-hybridized carbons (Fsp3) is 0.292. The first-order valence-electron chi connectivity index (χ1n) is 9.83. The average Bonchev–Trinajstić information content (AvgIpc) is 3.08. The Balaban J connectivity index is 1.66. The van der Waals surface area contributed by atoms with Crippen LogP contribution in [0, 0.1) is 27.7 Å². The maximum Gasteiger partial charge on any atom is 0.250 e. The van der Waals surface area contributed by atoms with Crippen LogP contribution in [0.3, 0.4) is 0 Å². The van der Waals surface area contributed by atoms with Crippen molar-refractivity contribution in [2.24, 2.45) is 0 Å². The molecule has 1 amide bonds. The van der Waals surface area contributed by atoms with Crippen molar-refractivity contribution >= 4 is 17.4 Å². The highest BCUT2D eigenvalue weighted by molar-refractivity contribution is 5.92. The molecule has 0 aliphatic carbocycles. The molecule has 1 aromatic heterocycles. The minimum atomic E-state index is -0.116. The molecule has 0 radical (unpaired) electrons. The second-order valence-electron chi connectivity index (χ2n) is 7.59. The summed E-state index contributed by atoms with van der Waals surface area (Å²) >= 11 is 0. The number of hydrogen-bond acceptors (Lipinski definition) is 2. The summed E-state index contributed by atoms with van der Waals surface area (Å²) in [5.74, 6) is -0.00273. The number of carbonyl (C=O) groups excluding carboxylic acids is 2. The largest absolute Gasteiger partial charge is 0.324 e. The molecule has 5 heteroatoms. The molecule has 5 nitrogen and oxygen atoms in total. The Morgan fingerprint density at radius 3 is 2.10 bits per heavy atom. The second-order valence-corrected chi connectivity index (χ2v) is 7.59. The lowest BCUT2D eigenvalue weighted by Crippen LogP contribution is -2.47. The van der Waals surface area contributed by atoms with Crippen molar-refractivity contribution < 1.29 is 14.3 Å². The molecule has 0 fully saturated rings. The number of hydrogen-bond donors (Lipinski definition) is 1. The van der Waals surface area contributed by atoms with Crippen LogP contribution < -0.4 is 10.00 Å². The van der Waals surface area contributed by atoms with Crippen LogP contribution >= 0.6 is 0 Å². The van der Waals surface area contributed by atoms with Crippen LogP contribution in [0.15, 0.2) is 54.9 Å². The molecule has 0 spiro atoms. The molecular formula is C24H28N3O2+. The van der Waals surface area contributed by atoms with Gasteiger partial charge in [-0.05, 0) is 55.5 Å². The molecule has 150 valence electrons. The topological polar surface area (TPSA) is 55.0 Å². The summed E-state index contributed by atoms with van der Waals surface area (Å²) in [5, 5.41) is 2.99. The minimum absolute atomic E-state index is 0.113.